The second-order valence-corrected chi connectivity index (χ2v) is 6.47. The van der Waals surface area contributed by atoms with Gasteiger partial charge in [-0.1, -0.05) is 13.3 Å². The van der Waals surface area contributed by atoms with Crippen molar-refractivity contribution in [3.63, 3.8) is 0 Å². The van der Waals surface area contributed by atoms with Gasteiger partial charge in [-0.3, -0.25) is 4.79 Å². The van der Waals surface area contributed by atoms with E-state index in [1.165, 1.54) is 4.88 Å². The number of amides is 1. The Morgan fingerprint density at radius 1 is 1.67 bits per heavy atom. The van der Waals surface area contributed by atoms with Crippen LogP contribution in [0.3, 0.4) is 0 Å². The molecule has 1 atom stereocenters. The van der Waals surface area contributed by atoms with Gasteiger partial charge in [0.15, 0.2) is 0 Å². The highest BCUT2D eigenvalue weighted by atomic mass is 79.9. The smallest absolute Gasteiger partial charge is 0.261 e. The van der Waals surface area contributed by atoms with Gasteiger partial charge in [0.2, 0.25) is 0 Å². The molecule has 1 saturated heterocycles. The molecule has 0 saturated carbocycles. The number of aryl methyl sites for hydroxylation is 1. The van der Waals surface area contributed by atoms with Crippen LogP contribution in [0.5, 0.6) is 0 Å². The zero-order valence-corrected chi connectivity index (χ0v) is 12.9. The van der Waals surface area contributed by atoms with E-state index < -0.39 is 0 Å². The van der Waals surface area contributed by atoms with Crippen molar-refractivity contribution in [1.29, 1.82) is 0 Å². The van der Waals surface area contributed by atoms with Crippen LogP contribution in [0, 0.1) is 0 Å². The molecule has 0 spiro atoms. The van der Waals surface area contributed by atoms with Crippen molar-refractivity contribution in [1.82, 2.24) is 5.32 Å². The molecule has 1 N–H and O–H groups in total. The number of thiophene rings is 1. The van der Waals surface area contributed by atoms with Gasteiger partial charge in [-0.15, -0.1) is 11.3 Å². The van der Waals surface area contributed by atoms with E-state index in [9.17, 15) is 4.79 Å². The van der Waals surface area contributed by atoms with E-state index >= 15 is 0 Å². The Bertz CT molecular complexity index is 413. The van der Waals surface area contributed by atoms with Crippen molar-refractivity contribution in [2.75, 3.05) is 13.2 Å². The molecule has 0 unspecified atom stereocenters. The summed E-state index contributed by atoms with van der Waals surface area (Å²) in [6.45, 7) is 3.59. The van der Waals surface area contributed by atoms with E-state index in [0.717, 1.165) is 41.6 Å². The number of nitrogens with one attached hydrogen (secondary N) is 1. The molecule has 100 valence electrons. The molecule has 2 rings (SSSR count). The summed E-state index contributed by atoms with van der Waals surface area (Å²) in [6, 6.07) is 1.92. The van der Waals surface area contributed by atoms with Crippen molar-refractivity contribution in [2.24, 2.45) is 0 Å². The van der Waals surface area contributed by atoms with Gasteiger partial charge in [-0.25, -0.2) is 0 Å². The zero-order valence-electron chi connectivity index (χ0n) is 10.5. The third-order valence-corrected chi connectivity index (χ3v) is 5.14. The summed E-state index contributed by atoms with van der Waals surface area (Å²) in [5.41, 5.74) is 0. The molecule has 0 aromatic carbocycles. The summed E-state index contributed by atoms with van der Waals surface area (Å²) in [4.78, 5) is 14.0. The molecular formula is C13H18BrNO2S. The molecule has 1 aromatic heterocycles. The third kappa shape index (κ3) is 3.56. The maximum atomic E-state index is 12.0. The van der Waals surface area contributed by atoms with Crippen LogP contribution in [0.15, 0.2) is 10.5 Å². The van der Waals surface area contributed by atoms with Crippen LogP contribution < -0.4 is 5.32 Å². The number of halogens is 1. The average Bonchev–Trinajstić information content (AvgIpc) is 2.97. The standard InChI is InChI=1S/C13H18BrNO2S/c1-2-4-11-10(14)7-12(18-11)13(16)15-8-9-5-3-6-17-9/h7,9H,2-6,8H2,1H3,(H,15,16)/t9-/m0/s1. The highest BCUT2D eigenvalue weighted by Crippen LogP contribution is 2.28. The van der Waals surface area contributed by atoms with Gasteiger partial charge in [0.05, 0.1) is 11.0 Å². The summed E-state index contributed by atoms with van der Waals surface area (Å²) < 4.78 is 6.54. The Morgan fingerprint density at radius 2 is 2.50 bits per heavy atom. The fourth-order valence-electron chi connectivity index (χ4n) is 2.01. The van der Waals surface area contributed by atoms with Gasteiger partial charge in [-0.2, -0.15) is 0 Å². The third-order valence-electron chi connectivity index (χ3n) is 2.97. The lowest BCUT2D eigenvalue weighted by molar-refractivity contribution is 0.0861. The Kier molecular flexibility index (Phi) is 5.21. The molecule has 1 amide bonds. The number of carbonyl (C=O) groups excluding carboxylic acids is 1. The quantitative estimate of drug-likeness (QED) is 0.898. The van der Waals surface area contributed by atoms with Crippen LogP contribution in [0.4, 0.5) is 0 Å². The molecule has 1 aliphatic rings. The van der Waals surface area contributed by atoms with E-state index in [1.807, 2.05) is 6.07 Å². The number of rotatable bonds is 5. The molecule has 1 fully saturated rings. The van der Waals surface area contributed by atoms with Crippen LogP contribution in [-0.2, 0) is 11.2 Å². The predicted molar refractivity (Wildman–Crippen MR) is 77.3 cm³/mol. The van der Waals surface area contributed by atoms with E-state index in [0.29, 0.717) is 6.54 Å². The lowest BCUT2D eigenvalue weighted by Crippen LogP contribution is -2.31. The number of ether oxygens (including phenoxy) is 1. The first-order valence-electron chi connectivity index (χ1n) is 6.38. The largest absolute Gasteiger partial charge is 0.376 e. The topological polar surface area (TPSA) is 38.3 Å². The number of hydrogen-bond donors (Lipinski definition) is 1. The van der Waals surface area contributed by atoms with E-state index in [2.05, 4.69) is 28.2 Å². The zero-order chi connectivity index (χ0) is 13.0. The van der Waals surface area contributed by atoms with Crippen molar-refractivity contribution in [3.05, 3.63) is 20.3 Å². The van der Waals surface area contributed by atoms with Gasteiger partial charge in [0.1, 0.15) is 0 Å². The minimum atomic E-state index is 0.0125. The van der Waals surface area contributed by atoms with Gasteiger partial charge >= 0.3 is 0 Å². The minimum absolute atomic E-state index is 0.0125. The van der Waals surface area contributed by atoms with Crippen molar-refractivity contribution in [3.8, 4) is 0 Å². The summed E-state index contributed by atoms with van der Waals surface area (Å²) in [7, 11) is 0. The second kappa shape index (κ2) is 6.68. The molecule has 0 aliphatic carbocycles. The lowest BCUT2D eigenvalue weighted by Gasteiger charge is -2.09. The SMILES string of the molecule is CCCc1sc(C(=O)NC[C@@H]2CCCO2)cc1Br. The first kappa shape index (κ1) is 14.0. The van der Waals surface area contributed by atoms with E-state index in [-0.39, 0.29) is 12.0 Å². The van der Waals surface area contributed by atoms with Crippen LogP contribution in [0.25, 0.3) is 0 Å². The average molecular weight is 332 g/mol. The first-order chi connectivity index (χ1) is 8.70. The molecule has 0 radical (unpaired) electrons. The number of hydrogen-bond acceptors (Lipinski definition) is 3. The summed E-state index contributed by atoms with van der Waals surface area (Å²) in [6.07, 6.45) is 4.47. The predicted octanol–water partition coefficient (Wildman–Crippen LogP) is 3.37. The fourth-order valence-corrected chi connectivity index (χ4v) is 3.91. The first-order valence-corrected chi connectivity index (χ1v) is 7.99. The van der Waals surface area contributed by atoms with Gasteiger partial charge in [0.25, 0.3) is 5.91 Å². The summed E-state index contributed by atoms with van der Waals surface area (Å²) in [5.74, 6) is 0.0125. The molecule has 3 nitrogen and oxygen atoms in total. The highest BCUT2D eigenvalue weighted by molar-refractivity contribution is 9.10. The van der Waals surface area contributed by atoms with Crippen LogP contribution in [0.1, 0.15) is 40.7 Å². The van der Waals surface area contributed by atoms with E-state index in [1.54, 1.807) is 11.3 Å². The van der Waals surface area contributed by atoms with Gasteiger partial charge in [-0.05, 0) is 41.3 Å². The molecule has 1 aliphatic heterocycles. The Balaban J connectivity index is 1.89. The van der Waals surface area contributed by atoms with E-state index in [4.69, 9.17) is 4.74 Å². The molecule has 5 heteroatoms. The maximum Gasteiger partial charge on any atom is 0.261 e. The molecular weight excluding hydrogens is 314 g/mol. The second-order valence-electron chi connectivity index (χ2n) is 4.48. The summed E-state index contributed by atoms with van der Waals surface area (Å²) >= 11 is 5.08. The Labute approximate surface area is 120 Å². The maximum absolute atomic E-state index is 12.0. The fraction of sp³-hybridized carbons (Fsp3) is 0.615. The normalized spacial score (nSPS) is 19.1. The van der Waals surface area contributed by atoms with Crippen molar-refractivity contribution < 1.29 is 9.53 Å². The molecule has 1 aromatic rings. The van der Waals surface area contributed by atoms with Crippen LogP contribution in [0.2, 0.25) is 0 Å². The van der Waals surface area contributed by atoms with Gasteiger partial charge < -0.3 is 10.1 Å². The van der Waals surface area contributed by atoms with Gasteiger partial charge in [0, 0.05) is 22.5 Å². The molecule has 0 bridgehead atoms. The molecule has 2 heterocycles. The van der Waals surface area contributed by atoms with Crippen LogP contribution in [-0.4, -0.2) is 25.2 Å². The lowest BCUT2D eigenvalue weighted by atomic mass is 10.2. The van der Waals surface area contributed by atoms with Crippen LogP contribution >= 0.6 is 27.3 Å². The molecule has 18 heavy (non-hydrogen) atoms. The van der Waals surface area contributed by atoms with Crippen molar-refractivity contribution in [2.45, 2.75) is 38.7 Å². The van der Waals surface area contributed by atoms with Crippen molar-refractivity contribution >= 4 is 33.2 Å². The highest BCUT2D eigenvalue weighted by Gasteiger charge is 2.18. The monoisotopic (exact) mass is 331 g/mol. The number of carbonyl (C=O) groups is 1. The Hall–Kier alpha value is -0.390. The minimum Gasteiger partial charge on any atom is -0.376 e. The Morgan fingerprint density at radius 3 is 3.17 bits per heavy atom. The summed E-state index contributed by atoms with van der Waals surface area (Å²) in [5, 5.41) is 2.95.